The average molecular weight is 226 g/mol. The quantitative estimate of drug-likeness (QED) is 0.720. The van der Waals surface area contributed by atoms with E-state index in [-0.39, 0.29) is 5.75 Å². The summed E-state index contributed by atoms with van der Waals surface area (Å²) in [6.45, 7) is 0.386. The molecule has 0 saturated carbocycles. The van der Waals surface area contributed by atoms with Crippen molar-refractivity contribution in [2.24, 2.45) is 0 Å². The van der Waals surface area contributed by atoms with E-state index in [0.29, 0.717) is 17.6 Å². The fraction of sp³-hybridized carbons (Fsp3) is 0.0769. The summed E-state index contributed by atoms with van der Waals surface area (Å²) in [6, 6.07) is 12.9. The fourth-order valence-electron chi connectivity index (χ4n) is 2.22. The Kier molecular flexibility index (Phi) is 2.39. The predicted molar refractivity (Wildman–Crippen MR) is 65.9 cm³/mol. The summed E-state index contributed by atoms with van der Waals surface area (Å²) in [5.41, 5.74) is 3.14. The van der Waals surface area contributed by atoms with Crippen molar-refractivity contribution in [2.75, 3.05) is 0 Å². The molecule has 0 atom stereocenters. The molecule has 84 valence electrons. The molecule has 0 radical (unpaired) electrons. The Morgan fingerprint density at radius 2 is 1.82 bits per heavy atom. The van der Waals surface area contributed by atoms with Gasteiger partial charge in [0, 0.05) is 5.56 Å². The first-order valence-electron chi connectivity index (χ1n) is 5.47. The van der Waals surface area contributed by atoms with Crippen LogP contribution in [0.3, 0.4) is 0 Å². The normalized spacial score (nSPS) is 13.8. The lowest BCUT2D eigenvalue weighted by Crippen LogP contribution is -2.30. The average Bonchev–Trinajstić information content (AvgIpc) is 2.73. The molecule has 2 aromatic carbocycles. The zero-order valence-corrected chi connectivity index (χ0v) is 9.13. The number of hydrogen-bond donors (Lipinski definition) is 2. The van der Waals surface area contributed by atoms with Crippen LogP contribution in [-0.4, -0.2) is 17.2 Å². The Morgan fingerprint density at radius 3 is 2.59 bits per heavy atom. The van der Waals surface area contributed by atoms with Gasteiger partial charge in [-0.1, -0.05) is 36.4 Å². The van der Waals surface area contributed by atoms with Gasteiger partial charge >= 0.3 is 7.12 Å². The van der Waals surface area contributed by atoms with Gasteiger partial charge in [-0.2, -0.15) is 0 Å². The number of aromatic hydroxyl groups is 1. The van der Waals surface area contributed by atoms with Crippen LogP contribution in [0.1, 0.15) is 5.56 Å². The van der Waals surface area contributed by atoms with Crippen molar-refractivity contribution in [2.45, 2.75) is 6.61 Å². The van der Waals surface area contributed by atoms with Crippen molar-refractivity contribution in [3.05, 3.63) is 48.0 Å². The molecule has 0 saturated heterocycles. The standard InChI is InChI=1S/C13H11BO3/c15-11-7-6-10-8-17-14(16)13(10)12(11)9-4-2-1-3-5-9/h1-7,15-16H,8H2. The SMILES string of the molecule is OB1OCc2ccc(O)c(-c3ccccc3)c21. The maximum absolute atomic E-state index is 9.98. The van der Waals surface area contributed by atoms with E-state index in [2.05, 4.69) is 0 Å². The number of hydrogen-bond acceptors (Lipinski definition) is 3. The Balaban J connectivity index is 2.27. The third-order valence-corrected chi connectivity index (χ3v) is 3.02. The number of rotatable bonds is 1. The van der Waals surface area contributed by atoms with E-state index in [9.17, 15) is 10.1 Å². The highest BCUT2D eigenvalue weighted by molar-refractivity contribution is 6.63. The van der Waals surface area contributed by atoms with Gasteiger partial charge in [0.25, 0.3) is 0 Å². The largest absolute Gasteiger partial charge is 0.507 e. The zero-order valence-electron chi connectivity index (χ0n) is 9.13. The second-order valence-electron chi connectivity index (χ2n) is 4.06. The first-order chi connectivity index (χ1) is 8.27. The van der Waals surface area contributed by atoms with Crippen LogP contribution >= 0.6 is 0 Å². The summed E-state index contributed by atoms with van der Waals surface area (Å²) in [7, 11) is -0.952. The topological polar surface area (TPSA) is 49.7 Å². The highest BCUT2D eigenvalue weighted by atomic mass is 16.5. The summed E-state index contributed by atoms with van der Waals surface area (Å²) in [5, 5.41) is 19.8. The summed E-state index contributed by atoms with van der Waals surface area (Å²) < 4.78 is 5.18. The fourth-order valence-corrected chi connectivity index (χ4v) is 2.22. The van der Waals surface area contributed by atoms with Gasteiger partial charge in [0.15, 0.2) is 0 Å². The third kappa shape index (κ3) is 1.62. The van der Waals surface area contributed by atoms with Crippen molar-refractivity contribution in [1.29, 1.82) is 0 Å². The predicted octanol–water partition coefficient (Wildman–Crippen LogP) is 1.28. The zero-order chi connectivity index (χ0) is 11.8. The van der Waals surface area contributed by atoms with Gasteiger partial charge in [-0.25, -0.2) is 0 Å². The lowest BCUT2D eigenvalue weighted by molar-refractivity contribution is 0.275. The van der Waals surface area contributed by atoms with Gasteiger partial charge in [-0.3, -0.25) is 0 Å². The van der Waals surface area contributed by atoms with Gasteiger partial charge in [0.05, 0.1) is 6.61 Å². The van der Waals surface area contributed by atoms with Crippen molar-refractivity contribution >= 4 is 12.6 Å². The first-order valence-corrected chi connectivity index (χ1v) is 5.47. The number of fused-ring (bicyclic) bond motifs is 1. The number of phenols is 1. The summed E-state index contributed by atoms with van der Waals surface area (Å²) in [5.74, 6) is 0.166. The first kappa shape index (κ1) is 10.4. The Morgan fingerprint density at radius 1 is 1.06 bits per heavy atom. The highest BCUT2D eigenvalue weighted by Crippen LogP contribution is 2.30. The molecule has 3 nitrogen and oxygen atoms in total. The molecule has 0 aliphatic carbocycles. The minimum absolute atomic E-state index is 0.166. The smallest absolute Gasteiger partial charge is 0.492 e. The minimum atomic E-state index is -0.952. The third-order valence-electron chi connectivity index (χ3n) is 3.02. The number of phenolic OH excluding ortho intramolecular Hbond substituents is 1. The van der Waals surface area contributed by atoms with Gasteiger partial charge in [-0.05, 0) is 22.7 Å². The molecular weight excluding hydrogens is 215 g/mol. The van der Waals surface area contributed by atoms with Crippen molar-refractivity contribution in [1.82, 2.24) is 0 Å². The molecule has 3 rings (SSSR count). The molecule has 17 heavy (non-hydrogen) atoms. The molecule has 0 unspecified atom stereocenters. The van der Waals surface area contributed by atoms with Crippen molar-refractivity contribution in [3.8, 4) is 16.9 Å². The lowest BCUT2D eigenvalue weighted by Gasteiger charge is -2.10. The van der Waals surface area contributed by atoms with Crippen LogP contribution in [0.15, 0.2) is 42.5 Å². The van der Waals surface area contributed by atoms with Gasteiger partial charge in [0.1, 0.15) is 5.75 Å². The Bertz CT molecular complexity index is 554. The molecule has 0 spiro atoms. The van der Waals surface area contributed by atoms with Crippen molar-refractivity contribution < 1.29 is 14.8 Å². The van der Waals surface area contributed by atoms with E-state index in [0.717, 1.165) is 11.1 Å². The van der Waals surface area contributed by atoms with E-state index in [1.807, 2.05) is 30.3 Å². The van der Waals surface area contributed by atoms with Crippen LogP contribution in [0.4, 0.5) is 0 Å². The molecule has 1 heterocycles. The second kappa shape index (κ2) is 3.91. The Hall–Kier alpha value is -1.78. The molecule has 0 bridgehead atoms. The monoisotopic (exact) mass is 226 g/mol. The van der Waals surface area contributed by atoms with Crippen LogP contribution in [0.2, 0.25) is 0 Å². The van der Waals surface area contributed by atoms with Gasteiger partial charge in [0.2, 0.25) is 0 Å². The summed E-state index contributed by atoms with van der Waals surface area (Å²) >= 11 is 0. The number of benzene rings is 2. The summed E-state index contributed by atoms with van der Waals surface area (Å²) in [4.78, 5) is 0. The van der Waals surface area contributed by atoms with E-state index < -0.39 is 7.12 Å². The molecule has 1 aliphatic heterocycles. The maximum Gasteiger partial charge on any atom is 0.492 e. The minimum Gasteiger partial charge on any atom is -0.507 e. The van der Waals surface area contributed by atoms with Gasteiger partial charge in [-0.15, -0.1) is 0 Å². The van der Waals surface area contributed by atoms with Crippen LogP contribution < -0.4 is 5.46 Å². The molecule has 1 aliphatic rings. The van der Waals surface area contributed by atoms with E-state index in [1.54, 1.807) is 12.1 Å². The Labute approximate surface area is 99.4 Å². The van der Waals surface area contributed by atoms with Gasteiger partial charge < -0.3 is 14.8 Å². The molecule has 0 aromatic heterocycles. The van der Waals surface area contributed by atoms with E-state index >= 15 is 0 Å². The molecular formula is C13H11BO3. The molecule has 0 fully saturated rings. The maximum atomic E-state index is 9.98. The van der Waals surface area contributed by atoms with E-state index in [1.165, 1.54) is 0 Å². The summed E-state index contributed by atoms with van der Waals surface area (Å²) in [6.07, 6.45) is 0. The second-order valence-corrected chi connectivity index (χ2v) is 4.06. The van der Waals surface area contributed by atoms with Crippen molar-refractivity contribution in [3.63, 3.8) is 0 Å². The van der Waals surface area contributed by atoms with Crippen LogP contribution in [0, 0.1) is 0 Å². The molecule has 4 heteroatoms. The van der Waals surface area contributed by atoms with Crippen LogP contribution in [-0.2, 0) is 11.3 Å². The van der Waals surface area contributed by atoms with Crippen LogP contribution in [0.25, 0.3) is 11.1 Å². The highest BCUT2D eigenvalue weighted by Gasteiger charge is 2.31. The molecule has 2 N–H and O–H groups in total. The molecule has 2 aromatic rings. The lowest BCUT2D eigenvalue weighted by atomic mass is 9.74. The van der Waals surface area contributed by atoms with Crippen LogP contribution in [0.5, 0.6) is 5.75 Å². The molecule has 0 amide bonds. The van der Waals surface area contributed by atoms with E-state index in [4.69, 9.17) is 4.65 Å².